The molecule has 0 radical (unpaired) electrons. The summed E-state index contributed by atoms with van der Waals surface area (Å²) in [5.74, 6) is -1.27. The predicted molar refractivity (Wildman–Crippen MR) is 95.2 cm³/mol. The van der Waals surface area contributed by atoms with Crippen LogP contribution in [0.25, 0.3) is 0 Å². The first-order valence-electron chi connectivity index (χ1n) is 8.28. The number of anilines is 2. The molecule has 0 saturated carbocycles. The fraction of sp³-hybridized carbons (Fsp3) is 0.235. The number of carbonyl (C=O) groups is 1. The average molecular weight is 447 g/mol. The van der Waals surface area contributed by atoms with E-state index in [2.05, 4.69) is 18.9 Å². The summed E-state index contributed by atoms with van der Waals surface area (Å²) in [6.45, 7) is 1.24. The van der Waals surface area contributed by atoms with Gasteiger partial charge in [-0.05, 0) is 13.0 Å². The second kappa shape index (κ2) is 7.37. The normalized spacial score (nSPS) is 16.3. The molecule has 0 bridgehead atoms. The number of halogens is 4. The number of Topliss-reactive ketones (excluding diaryl/α,β-unsaturated/α-hetero) is 1. The molecule has 0 spiro atoms. The third-order valence-corrected chi connectivity index (χ3v) is 3.85. The van der Waals surface area contributed by atoms with Crippen LogP contribution in [0, 0.1) is 10.1 Å². The number of fused-ring (bicyclic) bond motifs is 2. The molecule has 0 aliphatic carbocycles. The zero-order valence-electron chi connectivity index (χ0n) is 15.5. The fourth-order valence-corrected chi connectivity index (χ4v) is 2.64. The Kier molecular flexibility index (Phi) is 5.17. The van der Waals surface area contributed by atoms with Gasteiger partial charge in [-0.1, -0.05) is 0 Å². The smallest absolute Gasteiger partial charge is 0.397 e. The number of rotatable bonds is 3. The number of nitro benzene ring substituents is 1. The monoisotopic (exact) mass is 447 g/mol. The van der Waals surface area contributed by atoms with Crippen LogP contribution >= 0.6 is 0 Å². The van der Waals surface area contributed by atoms with Crippen molar-refractivity contribution in [3.05, 3.63) is 39.9 Å². The molecule has 2 aromatic carbocycles. The van der Waals surface area contributed by atoms with E-state index in [1.54, 1.807) is 0 Å². The number of ketones is 1. The first-order valence-corrected chi connectivity index (χ1v) is 8.28. The number of hydrogen-bond donors (Lipinski definition) is 2. The Morgan fingerprint density at radius 3 is 1.68 bits per heavy atom. The molecular formula is C17H13F4N3O7. The summed E-state index contributed by atoms with van der Waals surface area (Å²) in [4.78, 5) is 21.0. The summed E-state index contributed by atoms with van der Waals surface area (Å²) >= 11 is 0. The third-order valence-electron chi connectivity index (χ3n) is 3.85. The summed E-state index contributed by atoms with van der Waals surface area (Å²) in [6, 6.07) is 4.25. The standard InChI is InChI=1S/C10H7F2NO5.C7H6F2N2O2/c1-5(14)2-6-3-8-9(4-7(6)13(15)16)18-10(11,12)17-8;8-7(9)12-5-1-3(10)4(11)2-6(5)13-7/h3-4H,2H2,1H3;1-2H,10-11H2. The van der Waals surface area contributed by atoms with Gasteiger partial charge in [0.1, 0.15) is 5.78 Å². The van der Waals surface area contributed by atoms with Gasteiger partial charge < -0.3 is 30.4 Å². The van der Waals surface area contributed by atoms with E-state index in [1.165, 1.54) is 19.1 Å². The van der Waals surface area contributed by atoms with Crippen LogP contribution in [-0.4, -0.2) is 23.3 Å². The SMILES string of the molecule is CC(=O)Cc1cc2c(cc1[N+](=O)[O-])OC(F)(F)O2.Nc1cc2c(cc1N)OC(F)(F)O2. The molecule has 4 rings (SSSR count). The molecule has 0 saturated heterocycles. The van der Waals surface area contributed by atoms with Gasteiger partial charge >= 0.3 is 12.6 Å². The molecule has 2 aromatic rings. The number of hydrogen-bond acceptors (Lipinski definition) is 9. The minimum absolute atomic E-state index is 0.00699. The van der Waals surface area contributed by atoms with Crippen LogP contribution in [0.3, 0.4) is 0 Å². The van der Waals surface area contributed by atoms with E-state index >= 15 is 0 Å². The summed E-state index contributed by atoms with van der Waals surface area (Å²) in [7, 11) is 0. The number of nitrogens with two attached hydrogens (primary N) is 2. The van der Waals surface area contributed by atoms with Crippen molar-refractivity contribution in [2.24, 2.45) is 0 Å². The van der Waals surface area contributed by atoms with Gasteiger partial charge in [0.15, 0.2) is 23.0 Å². The maximum Gasteiger partial charge on any atom is 0.586 e. The summed E-state index contributed by atoms with van der Waals surface area (Å²) in [5.41, 5.74) is 10.7. The first kappa shape index (κ1) is 21.7. The first-order chi connectivity index (χ1) is 14.3. The fourth-order valence-electron chi connectivity index (χ4n) is 2.64. The van der Waals surface area contributed by atoms with Gasteiger partial charge in [0.25, 0.3) is 5.69 Å². The molecule has 0 aromatic heterocycles. The lowest BCUT2D eigenvalue weighted by Crippen LogP contribution is -2.25. The quantitative estimate of drug-likeness (QED) is 0.313. The van der Waals surface area contributed by atoms with E-state index in [1.807, 2.05) is 0 Å². The second-order valence-electron chi connectivity index (χ2n) is 6.33. The highest BCUT2D eigenvalue weighted by atomic mass is 19.3. The number of nitrogens with zero attached hydrogens (tertiary/aromatic N) is 1. The lowest BCUT2D eigenvalue weighted by atomic mass is 10.1. The molecule has 2 aliphatic rings. The molecule has 2 heterocycles. The number of nitrogen functional groups attached to an aromatic ring is 2. The largest absolute Gasteiger partial charge is 0.586 e. The highest BCUT2D eigenvalue weighted by molar-refractivity contribution is 5.80. The minimum Gasteiger partial charge on any atom is -0.397 e. The molecule has 0 atom stereocenters. The Bertz CT molecular complexity index is 1050. The number of nitro groups is 1. The third kappa shape index (κ3) is 4.79. The maximum absolute atomic E-state index is 12.8. The predicted octanol–water partition coefficient (Wildman–Crippen LogP) is 3.22. The molecule has 14 heteroatoms. The lowest BCUT2D eigenvalue weighted by molar-refractivity contribution is -0.385. The highest BCUT2D eigenvalue weighted by Crippen LogP contribution is 2.45. The van der Waals surface area contributed by atoms with Gasteiger partial charge in [0, 0.05) is 24.1 Å². The Labute approximate surface area is 170 Å². The minimum atomic E-state index is -3.84. The molecule has 166 valence electrons. The van der Waals surface area contributed by atoms with Crippen LogP contribution in [0.4, 0.5) is 34.6 Å². The Hall–Kier alpha value is -3.97. The van der Waals surface area contributed by atoms with Crippen molar-refractivity contribution in [2.75, 3.05) is 11.5 Å². The summed E-state index contributed by atoms with van der Waals surface area (Å²) in [6.07, 6.45) is -7.70. The maximum atomic E-state index is 12.8. The van der Waals surface area contributed by atoms with Crippen LogP contribution < -0.4 is 30.4 Å². The highest BCUT2D eigenvalue weighted by Gasteiger charge is 2.45. The Morgan fingerprint density at radius 2 is 1.29 bits per heavy atom. The van der Waals surface area contributed by atoms with Crippen molar-refractivity contribution in [1.82, 2.24) is 0 Å². The molecule has 0 unspecified atom stereocenters. The van der Waals surface area contributed by atoms with E-state index in [4.69, 9.17) is 11.5 Å². The molecular weight excluding hydrogens is 434 g/mol. The van der Waals surface area contributed by atoms with Gasteiger partial charge in [-0.25, -0.2) is 0 Å². The van der Waals surface area contributed by atoms with Crippen LogP contribution in [0.5, 0.6) is 23.0 Å². The molecule has 2 aliphatic heterocycles. The molecule has 4 N–H and O–H groups in total. The van der Waals surface area contributed by atoms with Crippen LogP contribution in [0.2, 0.25) is 0 Å². The van der Waals surface area contributed by atoms with Crippen LogP contribution in [-0.2, 0) is 11.2 Å². The molecule has 0 amide bonds. The Morgan fingerprint density at radius 1 is 0.903 bits per heavy atom. The van der Waals surface area contributed by atoms with Crippen molar-refractivity contribution in [1.29, 1.82) is 0 Å². The average Bonchev–Trinajstić information content (AvgIpc) is 3.06. The van der Waals surface area contributed by atoms with Gasteiger partial charge in [0.2, 0.25) is 0 Å². The lowest BCUT2D eigenvalue weighted by Gasteiger charge is -2.04. The van der Waals surface area contributed by atoms with E-state index in [0.717, 1.165) is 12.1 Å². The van der Waals surface area contributed by atoms with E-state index < -0.39 is 28.9 Å². The van der Waals surface area contributed by atoms with Crippen molar-refractivity contribution in [3.63, 3.8) is 0 Å². The number of benzene rings is 2. The van der Waals surface area contributed by atoms with Gasteiger partial charge in [0.05, 0.1) is 22.4 Å². The van der Waals surface area contributed by atoms with Crippen LogP contribution in [0.1, 0.15) is 12.5 Å². The number of ether oxygens (including phenoxy) is 4. The van der Waals surface area contributed by atoms with E-state index in [-0.39, 0.29) is 46.4 Å². The van der Waals surface area contributed by atoms with E-state index in [0.29, 0.717) is 0 Å². The number of alkyl halides is 4. The van der Waals surface area contributed by atoms with Crippen molar-refractivity contribution in [2.45, 2.75) is 25.9 Å². The van der Waals surface area contributed by atoms with Gasteiger partial charge in [-0.15, -0.1) is 17.6 Å². The second-order valence-corrected chi connectivity index (χ2v) is 6.33. The topological polar surface area (TPSA) is 149 Å². The van der Waals surface area contributed by atoms with Gasteiger partial charge in [-0.3, -0.25) is 14.9 Å². The summed E-state index contributed by atoms with van der Waals surface area (Å²) < 4.78 is 67.1. The Balaban J connectivity index is 0.000000185. The molecule has 0 fully saturated rings. The zero-order chi connectivity index (χ0) is 23.1. The summed E-state index contributed by atoms with van der Waals surface area (Å²) in [5, 5.41) is 10.8. The number of carbonyl (C=O) groups excluding carboxylic acids is 1. The van der Waals surface area contributed by atoms with E-state index in [9.17, 15) is 32.5 Å². The zero-order valence-corrected chi connectivity index (χ0v) is 15.5. The van der Waals surface area contributed by atoms with Crippen molar-refractivity contribution < 1.29 is 46.2 Å². The molecule has 31 heavy (non-hydrogen) atoms. The van der Waals surface area contributed by atoms with Crippen molar-refractivity contribution in [3.8, 4) is 23.0 Å². The molecule has 10 nitrogen and oxygen atoms in total. The van der Waals surface area contributed by atoms with Gasteiger partial charge in [-0.2, -0.15) is 0 Å². The van der Waals surface area contributed by atoms with Crippen LogP contribution in [0.15, 0.2) is 24.3 Å². The van der Waals surface area contributed by atoms with Crippen molar-refractivity contribution >= 4 is 22.8 Å².